The molecule has 0 unspecified atom stereocenters. The van der Waals surface area contributed by atoms with E-state index < -0.39 is 0 Å². The Labute approximate surface area is 144 Å². The number of rotatable bonds is 6. The molecule has 0 bridgehead atoms. The standard InChI is InChI=1S/C15H16Cl2N4O2/c1-9-19-13(15(22)18-5-6-23-2)8-14(20-9)21-12-4-3-10(16)7-11(12)17/h3-4,7-8H,5-6H2,1-2H3,(H,18,22)(H,19,20,21). The van der Waals surface area contributed by atoms with E-state index in [1.54, 1.807) is 38.3 Å². The molecule has 0 aliphatic carbocycles. The lowest BCUT2D eigenvalue weighted by molar-refractivity contribution is 0.0932. The summed E-state index contributed by atoms with van der Waals surface area (Å²) in [5, 5.41) is 6.77. The van der Waals surface area contributed by atoms with Gasteiger partial charge in [0.2, 0.25) is 0 Å². The number of amides is 1. The molecule has 122 valence electrons. The van der Waals surface area contributed by atoms with E-state index in [-0.39, 0.29) is 11.6 Å². The van der Waals surface area contributed by atoms with Crippen LogP contribution in [0.5, 0.6) is 0 Å². The fourth-order valence-corrected chi connectivity index (χ4v) is 2.29. The number of aryl methyl sites for hydroxylation is 1. The third-order valence-corrected chi connectivity index (χ3v) is 3.40. The van der Waals surface area contributed by atoms with Crippen molar-refractivity contribution in [3.05, 3.63) is 45.8 Å². The van der Waals surface area contributed by atoms with Gasteiger partial charge >= 0.3 is 0 Å². The Hall–Kier alpha value is -1.89. The Bertz CT molecular complexity index is 710. The van der Waals surface area contributed by atoms with Crippen LogP contribution >= 0.6 is 23.2 Å². The lowest BCUT2D eigenvalue weighted by atomic mass is 10.3. The number of anilines is 2. The van der Waals surface area contributed by atoms with Crippen molar-refractivity contribution in [2.75, 3.05) is 25.6 Å². The van der Waals surface area contributed by atoms with Crippen LogP contribution in [0.25, 0.3) is 0 Å². The highest BCUT2D eigenvalue weighted by Gasteiger charge is 2.11. The smallest absolute Gasteiger partial charge is 0.270 e. The number of nitrogens with one attached hydrogen (secondary N) is 2. The minimum atomic E-state index is -0.294. The van der Waals surface area contributed by atoms with Crippen molar-refractivity contribution >= 4 is 40.6 Å². The van der Waals surface area contributed by atoms with E-state index in [0.717, 1.165) is 0 Å². The minimum absolute atomic E-state index is 0.265. The van der Waals surface area contributed by atoms with Crippen LogP contribution in [0, 0.1) is 6.92 Å². The van der Waals surface area contributed by atoms with Crippen LogP contribution in [-0.4, -0.2) is 36.1 Å². The summed E-state index contributed by atoms with van der Waals surface area (Å²) >= 11 is 12.0. The normalized spacial score (nSPS) is 10.4. The SMILES string of the molecule is COCCNC(=O)c1cc(Nc2ccc(Cl)cc2Cl)nc(C)n1. The average Bonchev–Trinajstić information content (AvgIpc) is 2.50. The van der Waals surface area contributed by atoms with Crippen molar-refractivity contribution in [2.24, 2.45) is 0 Å². The topological polar surface area (TPSA) is 76.1 Å². The maximum Gasteiger partial charge on any atom is 0.270 e. The van der Waals surface area contributed by atoms with Gasteiger partial charge in [0.05, 0.1) is 17.3 Å². The van der Waals surface area contributed by atoms with Gasteiger partial charge in [-0.2, -0.15) is 0 Å². The first-order valence-electron chi connectivity index (χ1n) is 6.84. The first-order chi connectivity index (χ1) is 11.0. The highest BCUT2D eigenvalue weighted by atomic mass is 35.5. The van der Waals surface area contributed by atoms with E-state index in [1.165, 1.54) is 0 Å². The van der Waals surface area contributed by atoms with E-state index in [1.807, 2.05) is 0 Å². The van der Waals surface area contributed by atoms with Crippen molar-refractivity contribution in [1.29, 1.82) is 0 Å². The molecule has 0 spiro atoms. The van der Waals surface area contributed by atoms with Gasteiger partial charge in [-0.1, -0.05) is 23.2 Å². The summed E-state index contributed by atoms with van der Waals surface area (Å²) in [5.74, 6) is 0.647. The first-order valence-corrected chi connectivity index (χ1v) is 7.60. The van der Waals surface area contributed by atoms with Gasteiger partial charge in [-0.25, -0.2) is 9.97 Å². The molecule has 0 radical (unpaired) electrons. The first kappa shape index (κ1) is 17.5. The Morgan fingerprint density at radius 2 is 2.04 bits per heavy atom. The van der Waals surface area contributed by atoms with E-state index >= 15 is 0 Å². The second kappa shape index (κ2) is 8.10. The van der Waals surface area contributed by atoms with Crippen molar-refractivity contribution in [2.45, 2.75) is 6.92 Å². The minimum Gasteiger partial charge on any atom is -0.383 e. The molecule has 1 heterocycles. The van der Waals surface area contributed by atoms with Crippen molar-refractivity contribution in [3.63, 3.8) is 0 Å². The summed E-state index contributed by atoms with van der Waals surface area (Å²) in [6.07, 6.45) is 0. The molecule has 2 aromatic rings. The van der Waals surface area contributed by atoms with Gasteiger partial charge in [-0.3, -0.25) is 4.79 Å². The molecule has 6 nitrogen and oxygen atoms in total. The molecule has 8 heteroatoms. The number of carbonyl (C=O) groups is 1. The van der Waals surface area contributed by atoms with E-state index in [2.05, 4.69) is 20.6 Å². The number of hydrogen-bond donors (Lipinski definition) is 2. The lowest BCUT2D eigenvalue weighted by Gasteiger charge is -2.10. The number of aromatic nitrogens is 2. The zero-order valence-electron chi connectivity index (χ0n) is 12.7. The summed E-state index contributed by atoms with van der Waals surface area (Å²) < 4.78 is 4.89. The summed E-state index contributed by atoms with van der Waals surface area (Å²) in [5.41, 5.74) is 0.904. The van der Waals surface area contributed by atoms with Gasteiger partial charge in [0.1, 0.15) is 17.3 Å². The largest absolute Gasteiger partial charge is 0.383 e. The van der Waals surface area contributed by atoms with Crippen molar-refractivity contribution in [1.82, 2.24) is 15.3 Å². The molecule has 1 amide bonds. The fourth-order valence-electron chi connectivity index (χ4n) is 1.83. The van der Waals surface area contributed by atoms with Gasteiger partial charge < -0.3 is 15.4 Å². The molecular formula is C15H16Cl2N4O2. The summed E-state index contributed by atoms with van der Waals surface area (Å²) in [6, 6.07) is 6.63. The quantitative estimate of drug-likeness (QED) is 0.779. The van der Waals surface area contributed by atoms with Crippen molar-refractivity contribution in [3.8, 4) is 0 Å². The van der Waals surface area contributed by atoms with E-state index in [9.17, 15) is 4.79 Å². The van der Waals surface area contributed by atoms with Gasteiger partial charge in [0.25, 0.3) is 5.91 Å². The van der Waals surface area contributed by atoms with Crippen LogP contribution in [-0.2, 0) is 4.74 Å². The summed E-state index contributed by atoms with van der Waals surface area (Å²) in [4.78, 5) is 20.4. The molecule has 2 rings (SSSR count). The molecule has 0 aliphatic heterocycles. The molecule has 0 aliphatic rings. The average molecular weight is 355 g/mol. The monoisotopic (exact) mass is 354 g/mol. The second-order valence-corrected chi connectivity index (χ2v) is 5.53. The Balaban J connectivity index is 2.18. The van der Waals surface area contributed by atoms with Gasteiger partial charge in [-0.05, 0) is 25.1 Å². The van der Waals surface area contributed by atoms with E-state index in [4.69, 9.17) is 27.9 Å². The van der Waals surface area contributed by atoms with Gasteiger partial charge in [-0.15, -0.1) is 0 Å². The molecule has 2 N–H and O–H groups in total. The molecule has 23 heavy (non-hydrogen) atoms. The molecule has 0 fully saturated rings. The van der Waals surface area contributed by atoms with Gasteiger partial charge in [0.15, 0.2) is 0 Å². The maximum atomic E-state index is 12.1. The molecule has 1 aromatic carbocycles. The maximum absolute atomic E-state index is 12.1. The van der Waals surface area contributed by atoms with Crippen LogP contribution in [0.1, 0.15) is 16.3 Å². The molecular weight excluding hydrogens is 339 g/mol. The Morgan fingerprint density at radius 3 is 2.74 bits per heavy atom. The highest BCUT2D eigenvalue weighted by Crippen LogP contribution is 2.27. The molecule has 1 aromatic heterocycles. The van der Waals surface area contributed by atoms with Crippen LogP contribution in [0.2, 0.25) is 10.0 Å². The number of benzene rings is 1. The third-order valence-electron chi connectivity index (χ3n) is 2.86. The third kappa shape index (κ3) is 5.06. The zero-order chi connectivity index (χ0) is 16.8. The summed E-state index contributed by atoms with van der Waals surface area (Å²) in [7, 11) is 1.57. The molecule has 0 atom stereocenters. The summed E-state index contributed by atoms with van der Waals surface area (Å²) in [6.45, 7) is 2.55. The van der Waals surface area contributed by atoms with E-state index in [0.29, 0.717) is 40.5 Å². The number of nitrogens with zero attached hydrogens (tertiary/aromatic N) is 2. The number of ether oxygens (including phenoxy) is 1. The second-order valence-electron chi connectivity index (χ2n) is 4.68. The molecule has 0 saturated heterocycles. The van der Waals surface area contributed by atoms with Crippen LogP contribution in [0.15, 0.2) is 24.3 Å². The molecule has 0 saturated carbocycles. The predicted molar refractivity (Wildman–Crippen MR) is 90.7 cm³/mol. The predicted octanol–water partition coefficient (Wildman–Crippen LogP) is 3.21. The number of hydrogen-bond acceptors (Lipinski definition) is 5. The number of methoxy groups -OCH3 is 1. The van der Waals surface area contributed by atoms with Gasteiger partial charge in [0, 0.05) is 24.7 Å². The fraction of sp³-hybridized carbons (Fsp3) is 0.267. The van der Waals surface area contributed by atoms with Crippen molar-refractivity contribution < 1.29 is 9.53 Å². The zero-order valence-corrected chi connectivity index (χ0v) is 14.2. The number of halogens is 2. The highest BCUT2D eigenvalue weighted by molar-refractivity contribution is 6.36. The van der Waals surface area contributed by atoms with Crippen LogP contribution in [0.4, 0.5) is 11.5 Å². The Kier molecular flexibility index (Phi) is 6.15. The Morgan fingerprint density at radius 1 is 1.26 bits per heavy atom. The van der Waals surface area contributed by atoms with Crippen LogP contribution in [0.3, 0.4) is 0 Å². The lowest BCUT2D eigenvalue weighted by Crippen LogP contribution is -2.28. The van der Waals surface area contributed by atoms with Crippen LogP contribution < -0.4 is 10.6 Å². The number of carbonyl (C=O) groups excluding carboxylic acids is 1.